The Balaban J connectivity index is 0.0000000997. The number of para-hydroxylation sites is 5. The molecule has 0 spiro atoms. The number of aromatic nitrogens is 7. The fraction of sp³-hybridized carbons (Fsp3) is 0. The van der Waals surface area contributed by atoms with Gasteiger partial charge in [-0.25, -0.2) is 19.9 Å². The lowest BCUT2D eigenvalue weighted by Crippen LogP contribution is -2.03. The van der Waals surface area contributed by atoms with Crippen LogP contribution in [0.25, 0.3) is 242 Å². The van der Waals surface area contributed by atoms with Crippen LogP contribution in [0.2, 0.25) is 0 Å². The van der Waals surface area contributed by atoms with Gasteiger partial charge in [0.15, 0.2) is 0 Å². The fourth-order valence-electron chi connectivity index (χ4n) is 19.3. The average molecular weight is 1580 g/mol. The average Bonchev–Trinajstić information content (AvgIpc) is 1.55. The van der Waals surface area contributed by atoms with Gasteiger partial charge in [-0.15, -0.1) is 34.0 Å². The van der Waals surface area contributed by atoms with E-state index in [4.69, 9.17) is 19.9 Å². The molecule has 0 aliphatic rings. The van der Waals surface area contributed by atoms with Crippen LogP contribution in [0, 0.1) is 0 Å². The summed E-state index contributed by atoms with van der Waals surface area (Å²) >= 11 is 5.63. The molecule has 0 saturated heterocycles. The monoisotopic (exact) mass is 1580 g/mol. The molecule has 0 amide bonds. The van der Waals surface area contributed by atoms with Crippen LogP contribution in [0.4, 0.5) is 0 Å². The summed E-state index contributed by atoms with van der Waals surface area (Å²) in [7, 11) is 0. The standard InChI is InChI=1S/2C37H22N2S.C36H21N3S/c1-2-12-23(13-3-1)29-22-33(38-30-19-9-6-14-24(29)30)39-31-20-10-7-17-27(31)34-25-15-4-5-16-26(25)35-28-18-8-11-21-32(28)40-37(35)36(34)39;1-2-12-23(13-3-1)35-25-15-5-4-14-24(25)22-32(38-35)39-30-20-10-8-18-28(30)33-26-16-6-7-17-27(26)34-29-19-9-11-21-31(29)40-37(34)36(33)39;1-2-12-22(13-3-1)33-25-16-6-9-19-28(25)37-36(38-33)39-29-20-10-7-17-26(29)31-23-14-4-5-15-24(23)32-27-18-8-11-21-30(27)40-35(32)34(31)39/h2*1-22H;1-21H. The van der Waals surface area contributed by atoms with Gasteiger partial charge >= 0.3 is 0 Å². The minimum atomic E-state index is 0.692. The SMILES string of the molecule is c1ccc(-c2cc(-n3c4ccccc4c4c5ccccc5c5c6ccccc6sc5c43)nc3ccccc23)cc1.c1ccc(-c2nc(-n3c4ccccc4c4c5ccccc5c5c6ccccc6sc5c43)cc3ccccc23)cc1.c1ccc(-c2nc(-n3c4ccccc4c4c5ccccc5c5c6ccccc6sc5c43)nc3ccccc23)cc1. The summed E-state index contributed by atoms with van der Waals surface area (Å²) in [5.74, 6) is 2.58. The van der Waals surface area contributed by atoms with Crippen molar-refractivity contribution in [3.8, 4) is 51.2 Å². The van der Waals surface area contributed by atoms with Crippen molar-refractivity contribution in [1.82, 2.24) is 33.6 Å². The predicted molar refractivity (Wildman–Crippen MR) is 514 cm³/mol. The van der Waals surface area contributed by atoms with Gasteiger partial charge in [0.1, 0.15) is 11.6 Å². The topological polar surface area (TPSA) is 66.3 Å². The van der Waals surface area contributed by atoms with Crippen LogP contribution in [-0.4, -0.2) is 33.6 Å². The van der Waals surface area contributed by atoms with Gasteiger partial charge in [-0.3, -0.25) is 13.7 Å². The molecular formula is C110H65N7S3. The van der Waals surface area contributed by atoms with E-state index in [-0.39, 0.29) is 0 Å². The van der Waals surface area contributed by atoms with Gasteiger partial charge in [0.25, 0.3) is 0 Å². The largest absolute Gasteiger partial charge is 0.292 e. The van der Waals surface area contributed by atoms with Crippen LogP contribution >= 0.6 is 34.0 Å². The zero-order valence-electron chi connectivity index (χ0n) is 64.4. The van der Waals surface area contributed by atoms with Gasteiger partial charge in [-0.1, -0.05) is 334 Å². The quantitative estimate of drug-likeness (QED) is 0.166. The maximum absolute atomic E-state index is 5.42. The molecule has 0 aliphatic carbocycles. The van der Waals surface area contributed by atoms with Crippen molar-refractivity contribution in [2.75, 3.05) is 0 Å². The predicted octanol–water partition coefficient (Wildman–Crippen LogP) is 31.0. The van der Waals surface area contributed by atoms with Crippen LogP contribution in [0.3, 0.4) is 0 Å². The minimum absolute atomic E-state index is 0.692. The molecule has 0 unspecified atom stereocenters. The van der Waals surface area contributed by atoms with Crippen LogP contribution in [0.15, 0.2) is 394 Å². The van der Waals surface area contributed by atoms with Gasteiger partial charge in [0, 0.05) is 106 Å². The zero-order chi connectivity index (χ0) is 78.6. The van der Waals surface area contributed by atoms with E-state index in [0.717, 1.165) is 66.9 Å². The molecule has 10 heteroatoms. The molecule has 558 valence electrons. The normalized spacial score (nSPS) is 12.0. The van der Waals surface area contributed by atoms with E-state index in [9.17, 15) is 0 Å². The summed E-state index contributed by atoms with van der Waals surface area (Å²) in [6.07, 6.45) is 0. The second-order valence-electron chi connectivity index (χ2n) is 30.9. The van der Waals surface area contributed by atoms with Crippen LogP contribution in [-0.2, 0) is 0 Å². The number of nitrogens with zero attached hydrogens (tertiary/aromatic N) is 7. The van der Waals surface area contributed by atoms with E-state index in [1.54, 1.807) is 0 Å². The molecule has 120 heavy (non-hydrogen) atoms. The van der Waals surface area contributed by atoms with Crippen LogP contribution < -0.4 is 0 Å². The first-order chi connectivity index (χ1) is 59.6. The van der Waals surface area contributed by atoms with Gasteiger partial charge < -0.3 is 0 Å². The molecule has 9 heterocycles. The number of fused-ring (bicyclic) bond motifs is 33. The van der Waals surface area contributed by atoms with E-state index in [1.165, 1.54) is 169 Å². The van der Waals surface area contributed by atoms with E-state index < -0.39 is 0 Å². The third kappa shape index (κ3) is 10.4. The number of thiophene rings is 3. The molecule has 0 atom stereocenters. The molecule has 0 saturated carbocycles. The summed E-state index contributed by atoms with van der Waals surface area (Å²) in [5, 5.41) is 27.7. The summed E-state index contributed by atoms with van der Waals surface area (Å²) in [4.78, 5) is 21.2. The molecule has 27 aromatic rings. The van der Waals surface area contributed by atoms with Gasteiger partial charge in [-0.05, 0) is 109 Å². The molecule has 18 aromatic carbocycles. The highest BCUT2D eigenvalue weighted by atomic mass is 32.1. The Bertz CT molecular complexity index is 8120. The van der Waals surface area contributed by atoms with Gasteiger partial charge in [-0.2, -0.15) is 0 Å². The highest BCUT2D eigenvalue weighted by Crippen LogP contribution is 2.53. The van der Waals surface area contributed by atoms with E-state index in [1.807, 2.05) is 40.1 Å². The minimum Gasteiger partial charge on any atom is -0.292 e. The summed E-state index contributed by atoms with van der Waals surface area (Å²) in [6.45, 7) is 0. The molecule has 0 fully saturated rings. The highest BCUT2D eigenvalue weighted by Gasteiger charge is 2.28. The first-order valence-corrected chi connectivity index (χ1v) is 43.0. The van der Waals surface area contributed by atoms with Crippen molar-refractivity contribution in [3.63, 3.8) is 0 Å². The van der Waals surface area contributed by atoms with Crippen molar-refractivity contribution in [2.45, 2.75) is 0 Å². The Hall–Kier alpha value is -15.0. The highest BCUT2D eigenvalue weighted by molar-refractivity contribution is 7.28. The Kier molecular flexibility index (Phi) is 15.5. The van der Waals surface area contributed by atoms with E-state index in [2.05, 4.69) is 402 Å². The number of benzene rings is 18. The maximum Gasteiger partial charge on any atom is 0.235 e. The number of hydrogen-bond donors (Lipinski definition) is 0. The van der Waals surface area contributed by atoms with Gasteiger partial charge in [0.2, 0.25) is 5.95 Å². The van der Waals surface area contributed by atoms with Crippen molar-refractivity contribution in [1.29, 1.82) is 0 Å². The van der Waals surface area contributed by atoms with E-state index >= 15 is 0 Å². The Morgan fingerprint density at radius 2 is 0.508 bits per heavy atom. The molecule has 0 aliphatic heterocycles. The molecule has 7 nitrogen and oxygen atoms in total. The number of hydrogen-bond acceptors (Lipinski definition) is 7. The Labute approximate surface area is 698 Å². The summed E-state index contributed by atoms with van der Waals surface area (Å²) < 4.78 is 14.9. The van der Waals surface area contributed by atoms with Crippen LogP contribution in [0.1, 0.15) is 0 Å². The second-order valence-corrected chi connectivity index (χ2v) is 34.0. The lowest BCUT2D eigenvalue weighted by atomic mass is 9.99. The summed E-state index contributed by atoms with van der Waals surface area (Å²) in [5.41, 5.74) is 15.6. The Morgan fingerprint density at radius 1 is 0.200 bits per heavy atom. The Morgan fingerprint density at radius 3 is 0.958 bits per heavy atom. The van der Waals surface area contributed by atoms with Crippen molar-refractivity contribution in [2.24, 2.45) is 0 Å². The van der Waals surface area contributed by atoms with Crippen molar-refractivity contribution >= 4 is 225 Å². The smallest absolute Gasteiger partial charge is 0.235 e. The van der Waals surface area contributed by atoms with Gasteiger partial charge in [0.05, 0.1) is 69.6 Å². The zero-order valence-corrected chi connectivity index (χ0v) is 66.8. The third-order valence-electron chi connectivity index (χ3n) is 24.3. The molecule has 27 rings (SSSR count). The first-order valence-electron chi connectivity index (χ1n) is 40.6. The lowest BCUT2D eigenvalue weighted by molar-refractivity contribution is 1.02. The first kappa shape index (κ1) is 68.2. The number of rotatable bonds is 6. The van der Waals surface area contributed by atoms with Crippen molar-refractivity contribution < 1.29 is 0 Å². The molecule has 0 N–H and O–H groups in total. The fourth-order valence-corrected chi connectivity index (χ4v) is 23.1. The maximum atomic E-state index is 5.42. The van der Waals surface area contributed by atoms with Crippen molar-refractivity contribution in [3.05, 3.63) is 394 Å². The van der Waals surface area contributed by atoms with E-state index in [0.29, 0.717) is 5.95 Å². The van der Waals surface area contributed by atoms with Crippen LogP contribution in [0.5, 0.6) is 0 Å². The molecule has 0 bridgehead atoms. The lowest BCUT2D eigenvalue weighted by Gasteiger charge is -2.13. The summed E-state index contributed by atoms with van der Waals surface area (Å²) in [6, 6.07) is 141. The molecular weight excluding hydrogens is 1520 g/mol. The molecule has 9 aromatic heterocycles. The molecule has 0 radical (unpaired) electrons. The second kappa shape index (κ2) is 27.3. The third-order valence-corrected chi connectivity index (χ3v) is 27.8. The number of pyridine rings is 2.